The fourth-order valence-electron chi connectivity index (χ4n) is 1.76. The Labute approximate surface area is 119 Å². The lowest BCUT2D eigenvalue weighted by Crippen LogP contribution is -1.94. The minimum absolute atomic E-state index is 0.431. The van der Waals surface area contributed by atoms with E-state index in [9.17, 15) is 4.79 Å². The topological polar surface area (TPSA) is 31.2 Å². The van der Waals surface area contributed by atoms with Crippen molar-refractivity contribution in [3.8, 4) is 0 Å². The highest BCUT2D eigenvalue weighted by Gasteiger charge is 2.00. The van der Waals surface area contributed by atoms with E-state index in [2.05, 4.69) is 34.6 Å². The van der Waals surface area contributed by atoms with Gasteiger partial charge in [-0.1, -0.05) is 24.9 Å². The van der Waals surface area contributed by atoms with Crippen molar-refractivity contribution in [2.45, 2.75) is 33.2 Å². The Kier molecular flexibility index (Phi) is 7.04. The van der Waals surface area contributed by atoms with Crippen molar-refractivity contribution >= 4 is 29.0 Å². The number of unbranched alkanes of at least 4 members (excludes halogenated alkanes) is 1. The van der Waals surface area contributed by atoms with E-state index in [1.807, 2.05) is 12.1 Å². The van der Waals surface area contributed by atoms with Crippen LogP contribution in [0.2, 0.25) is 5.02 Å². The molecule has 3 nitrogen and oxygen atoms in total. The van der Waals surface area contributed by atoms with Crippen molar-refractivity contribution in [2.75, 3.05) is 6.61 Å². The van der Waals surface area contributed by atoms with Crippen LogP contribution in [-0.2, 0) is 16.1 Å². The molecule has 0 saturated heterocycles. The highest BCUT2D eigenvalue weighted by Crippen LogP contribution is 2.20. The smallest absolute Gasteiger partial charge is 0.293 e. The fraction of sp³-hybridized carbons (Fsp3) is 0.400. The molecule has 1 heterocycles. The van der Waals surface area contributed by atoms with Gasteiger partial charge in [0.25, 0.3) is 6.47 Å². The predicted molar refractivity (Wildman–Crippen MR) is 79.5 cm³/mol. The number of rotatable bonds is 5. The molecule has 0 fully saturated rings. The van der Waals surface area contributed by atoms with Crippen LogP contribution in [0.1, 0.15) is 26.7 Å². The third kappa shape index (κ3) is 4.95. The number of aromatic nitrogens is 1. The number of halogens is 1. The standard InChI is InChI=1S/C12H14ClN.C3H6O2/c1-2-3-7-14-8-6-10-9-11(13)4-5-12(10)14;1-2-5-3-4/h4-6,8-9H,2-3,7H2,1H3;3H,2H2,1H3. The molecule has 0 radical (unpaired) electrons. The first-order chi connectivity index (χ1) is 9.22. The zero-order valence-corrected chi connectivity index (χ0v) is 12.2. The molecule has 4 heteroatoms. The Morgan fingerprint density at radius 3 is 2.68 bits per heavy atom. The average Bonchev–Trinajstić information content (AvgIpc) is 2.80. The van der Waals surface area contributed by atoms with Gasteiger partial charge in [0, 0.05) is 28.7 Å². The number of hydrogen-bond acceptors (Lipinski definition) is 2. The number of aryl methyl sites for hydroxylation is 1. The first kappa shape index (κ1) is 15.6. The molecule has 0 aliphatic rings. The lowest BCUT2D eigenvalue weighted by atomic mass is 10.2. The van der Waals surface area contributed by atoms with E-state index in [4.69, 9.17) is 11.6 Å². The molecule has 0 amide bonds. The SMILES string of the molecule is CCCCn1ccc2cc(Cl)ccc21.CCOC=O. The molecular formula is C15H20ClNO2. The molecule has 0 saturated carbocycles. The van der Waals surface area contributed by atoms with Crippen molar-refractivity contribution in [1.82, 2.24) is 4.57 Å². The molecule has 0 aliphatic carbocycles. The summed E-state index contributed by atoms with van der Waals surface area (Å²) in [5.74, 6) is 0. The van der Waals surface area contributed by atoms with Crippen molar-refractivity contribution < 1.29 is 9.53 Å². The molecule has 19 heavy (non-hydrogen) atoms. The second-order valence-corrected chi connectivity index (χ2v) is 4.55. The molecule has 0 aliphatic heterocycles. The molecule has 0 bridgehead atoms. The van der Waals surface area contributed by atoms with Crippen LogP contribution in [-0.4, -0.2) is 17.6 Å². The number of ether oxygens (including phenoxy) is 1. The van der Waals surface area contributed by atoms with Crippen LogP contribution in [0.5, 0.6) is 0 Å². The summed E-state index contributed by atoms with van der Waals surface area (Å²) in [5, 5.41) is 2.04. The summed E-state index contributed by atoms with van der Waals surface area (Å²) in [6.45, 7) is 5.97. The quantitative estimate of drug-likeness (QED) is 0.766. The van der Waals surface area contributed by atoms with E-state index >= 15 is 0 Å². The zero-order valence-electron chi connectivity index (χ0n) is 11.4. The summed E-state index contributed by atoms with van der Waals surface area (Å²) in [6.07, 6.45) is 4.59. The van der Waals surface area contributed by atoms with Gasteiger partial charge in [-0.2, -0.15) is 0 Å². The molecule has 0 atom stereocenters. The maximum Gasteiger partial charge on any atom is 0.293 e. The second-order valence-electron chi connectivity index (χ2n) is 4.12. The molecule has 2 aromatic rings. The number of nitrogens with zero attached hydrogens (tertiary/aromatic N) is 1. The fourth-order valence-corrected chi connectivity index (χ4v) is 1.94. The van der Waals surface area contributed by atoms with Crippen molar-refractivity contribution in [3.63, 3.8) is 0 Å². The number of hydrogen-bond donors (Lipinski definition) is 0. The highest BCUT2D eigenvalue weighted by molar-refractivity contribution is 6.31. The molecule has 1 aromatic carbocycles. The number of carbonyl (C=O) groups excluding carboxylic acids is 1. The summed E-state index contributed by atoms with van der Waals surface area (Å²) >= 11 is 5.92. The monoisotopic (exact) mass is 281 g/mol. The Balaban J connectivity index is 0.000000312. The minimum atomic E-state index is 0.431. The van der Waals surface area contributed by atoms with E-state index in [1.165, 1.54) is 23.7 Å². The van der Waals surface area contributed by atoms with E-state index in [-0.39, 0.29) is 0 Å². The zero-order chi connectivity index (χ0) is 14.1. The summed E-state index contributed by atoms with van der Waals surface area (Å²) in [7, 11) is 0. The van der Waals surface area contributed by atoms with Crippen LogP contribution < -0.4 is 0 Å². The summed E-state index contributed by atoms with van der Waals surface area (Å²) < 4.78 is 6.44. The Morgan fingerprint density at radius 2 is 2.11 bits per heavy atom. The highest BCUT2D eigenvalue weighted by atomic mass is 35.5. The van der Waals surface area contributed by atoms with Crippen molar-refractivity contribution in [1.29, 1.82) is 0 Å². The van der Waals surface area contributed by atoms with Gasteiger partial charge in [0.2, 0.25) is 0 Å². The number of carbonyl (C=O) groups is 1. The van der Waals surface area contributed by atoms with Gasteiger partial charge in [-0.3, -0.25) is 4.79 Å². The van der Waals surface area contributed by atoms with E-state index < -0.39 is 0 Å². The van der Waals surface area contributed by atoms with Crippen LogP contribution >= 0.6 is 11.6 Å². The van der Waals surface area contributed by atoms with Gasteiger partial charge in [-0.25, -0.2) is 0 Å². The van der Waals surface area contributed by atoms with E-state index in [0.717, 1.165) is 11.6 Å². The second kappa shape index (κ2) is 8.59. The third-order valence-corrected chi connectivity index (χ3v) is 2.96. The first-order valence-electron chi connectivity index (χ1n) is 6.52. The van der Waals surface area contributed by atoms with Crippen LogP contribution in [0.25, 0.3) is 10.9 Å². The molecule has 104 valence electrons. The molecule has 2 rings (SSSR count). The molecule has 0 spiro atoms. The van der Waals surface area contributed by atoms with Crippen LogP contribution in [0.15, 0.2) is 30.5 Å². The Hall–Kier alpha value is -1.48. The normalized spacial score (nSPS) is 9.84. The van der Waals surface area contributed by atoms with Crippen LogP contribution in [0, 0.1) is 0 Å². The third-order valence-electron chi connectivity index (χ3n) is 2.72. The van der Waals surface area contributed by atoms with Crippen LogP contribution in [0.3, 0.4) is 0 Å². The lowest BCUT2D eigenvalue weighted by molar-refractivity contribution is -0.128. The molecular weight excluding hydrogens is 262 g/mol. The van der Waals surface area contributed by atoms with Crippen LogP contribution in [0.4, 0.5) is 0 Å². The number of fused-ring (bicyclic) bond motifs is 1. The summed E-state index contributed by atoms with van der Waals surface area (Å²) in [6, 6.07) is 8.18. The Bertz CT molecular complexity index is 508. The van der Waals surface area contributed by atoms with E-state index in [0.29, 0.717) is 13.1 Å². The first-order valence-corrected chi connectivity index (χ1v) is 6.90. The molecule has 0 unspecified atom stereocenters. The van der Waals surface area contributed by atoms with Crippen molar-refractivity contribution in [2.24, 2.45) is 0 Å². The van der Waals surface area contributed by atoms with Gasteiger partial charge < -0.3 is 9.30 Å². The largest absolute Gasteiger partial charge is 0.468 e. The number of benzene rings is 1. The van der Waals surface area contributed by atoms with Gasteiger partial charge in [-0.15, -0.1) is 0 Å². The average molecular weight is 282 g/mol. The maximum absolute atomic E-state index is 9.18. The maximum atomic E-state index is 9.18. The molecule has 1 aromatic heterocycles. The minimum Gasteiger partial charge on any atom is -0.468 e. The van der Waals surface area contributed by atoms with Gasteiger partial charge in [0.15, 0.2) is 0 Å². The Morgan fingerprint density at radius 1 is 1.32 bits per heavy atom. The van der Waals surface area contributed by atoms with Gasteiger partial charge >= 0.3 is 0 Å². The lowest BCUT2D eigenvalue weighted by Gasteiger charge is -2.03. The van der Waals surface area contributed by atoms with Crippen molar-refractivity contribution in [3.05, 3.63) is 35.5 Å². The van der Waals surface area contributed by atoms with Gasteiger partial charge in [-0.05, 0) is 37.6 Å². The molecule has 0 N–H and O–H groups in total. The summed E-state index contributed by atoms with van der Waals surface area (Å²) in [5.41, 5.74) is 1.28. The van der Waals surface area contributed by atoms with E-state index in [1.54, 1.807) is 6.92 Å². The summed E-state index contributed by atoms with van der Waals surface area (Å²) in [4.78, 5) is 9.18. The van der Waals surface area contributed by atoms with Gasteiger partial charge in [0.1, 0.15) is 0 Å². The predicted octanol–water partition coefficient (Wildman–Crippen LogP) is 4.27. The van der Waals surface area contributed by atoms with Gasteiger partial charge in [0.05, 0.1) is 6.61 Å².